The number of carbonyl (C=O) groups excluding carboxylic acids is 1. The lowest BCUT2D eigenvalue weighted by atomic mass is 10.3. The fourth-order valence-electron chi connectivity index (χ4n) is 2.47. The average Bonchev–Trinajstić information content (AvgIpc) is 3.08. The molecule has 10 heteroatoms. The summed E-state index contributed by atoms with van der Waals surface area (Å²) in [6.07, 6.45) is 0. The van der Waals surface area contributed by atoms with Crippen LogP contribution in [0.1, 0.15) is 6.92 Å². The standard InChI is InChI=1S/C19H18ClN3O5S/c1-11(17(24)21-12-4-9-16(27-3)15(20)10-12)29-18-19(25)28-22-23(18)13-5-7-14(26-2)8-6-13/h4-11H,1-3H3,(H-,21,22,24,25)/p+1. The number of hydrogen-bond acceptors (Lipinski definition) is 6. The molecule has 8 nitrogen and oxygen atoms in total. The van der Waals surface area contributed by atoms with Crippen LogP contribution < -0.4 is 25.1 Å². The van der Waals surface area contributed by atoms with E-state index in [4.69, 9.17) is 25.6 Å². The van der Waals surface area contributed by atoms with Gasteiger partial charge >= 0.3 is 10.7 Å². The molecule has 2 N–H and O–H groups in total. The fraction of sp³-hybridized carbons (Fsp3) is 0.211. The van der Waals surface area contributed by atoms with E-state index in [0.717, 1.165) is 11.8 Å². The predicted molar refractivity (Wildman–Crippen MR) is 109 cm³/mol. The van der Waals surface area contributed by atoms with Crippen molar-refractivity contribution in [2.75, 3.05) is 19.5 Å². The third-order valence-electron chi connectivity index (χ3n) is 4.01. The van der Waals surface area contributed by atoms with E-state index < -0.39 is 10.9 Å². The number of aromatic nitrogens is 2. The molecule has 0 spiro atoms. The van der Waals surface area contributed by atoms with Gasteiger partial charge in [0.15, 0.2) is 0 Å². The Balaban J connectivity index is 1.75. The third kappa shape index (κ3) is 4.75. The van der Waals surface area contributed by atoms with Crippen LogP contribution >= 0.6 is 23.4 Å². The lowest BCUT2D eigenvalue weighted by Crippen LogP contribution is -2.37. The molecule has 0 aliphatic carbocycles. The van der Waals surface area contributed by atoms with Gasteiger partial charge in [-0.05, 0) is 59.0 Å². The molecule has 3 aromatic rings. The summed E-state index contributed by atoms with van der Waals surface area (Å²) >= 11 is 7.16. The minimum absolute atomic E-state index is 0.241. The lowest BCUT2D eigenvalue weighted by molar-refractivity contribution is -0.704. The average molecular weight is 437 g/mol. The minimum Gasteiger partial charge on any atom is -0.497 e. The highest BCUT2D eigenvalue weighted by atomic mass is 35.5. The number of aromatic amines is 1. The number of nitrogens with one attached hydrogen (secondary N) is 2. The number of rotatable bonds is 7. The van der Waals surface area contributed by atoms with Crippen LogP contribution in [-0.4, -0.2) is 30.6 Å². The number of methoxy groups -OCH3 is 2. The normalized spacial score (nSPS) is 11.7. The van der Waals surface area contributed by atoms with Gasteiger partial charge in [-0.2, -0.15) is 0 Å². The Kier molecular flexibility index (Phi) is 6.50. The monoisotopic (exact) mass is 436 g/mol. The van der Waals surface area contributed by atoms with Crippen LogP contribution in [0, 0.1) is 0 Å². The predicted octanol–water partition coefficient (Wildman–Crippen LogP) is 3.03. The SMILES string of the molecule is COc1ccc(-[n+]2[nH]oc(=O)c2SC(C)C(=O)Nc2ccc(OC)c(Cl)c2)cc1. The van der Waals surface area contributed by atoms with Crippen molar-refractivity contribution in [3.05, 3.63) is 57.9 Å². The molecule has 1 unspecified atom stereocenters. The minimum atomic E-state index is -0.584. The van der Waals surface area contributed by atoms with E-state index in [1.54, 1.807) is 56.5 Å². The first-order valence-electron chi connectivity index (χ1n) is 8.52. The van der Waals surface area contributed by atoms with Crippen LogP contribution in [-0.2, 0) is 4.79 Å². The number of nitrogens with zero attached hydrogens (tertiary/aromatic N) is 1. The van der Waals surface area contributed by atoms with Crippen LogP contribution in [0.2, 0.25) is 5.02 Å². The highest BCUT2D eigenvalue weighted by Gasteiger charge is 2.29. The highest BCUT2D eigenvalue weighted by molar-refractivity contribution is 8.00. The van der Waals surface area contributed by atoms with Gasteiger partial charge in [-0.25, -0.2) is 4.79 Å². The number of hydrogen-bond donors (Lipinski definition) is 2. The number of benzene rings is 2. The molecule has 2 aromatic carbocycles. The Hall–Kier alpha value is -2.91. The molecule has 29 heavy (non-hydrogen) atoms. The van der Waals surface area contributed by atoms with Crippen molar-refractivity contribution in [1.29, 1.82) is 0 Å². The summed E-state index contributed by atoms with van der Waals surface area (Å²) in [5, 5.41) is 5.36. The quantitative estimate of drug-likeness (QED) is 0.436. The van der Waals surface area contributed by atoms with Crippen LogP contribution in [0.3, 0.4) is 0 Å². The fourth-order valence-corrected chi connectivity index (χ4v) is 3.62. The first kappa shape index (κ1) is 20.8. The van der Waals surface area contributed by atoms with E-state index in [1.165, 1.54) is 11.8 Å². The van der Waals surface area contributed by atoms with Crippen molar-refractivity contribution in [3.8, 4) is 17.2 Å². The first-order chi connectivity index (χ1) is 13.9. The van der Waals surface area contributed by atoms with Crippen LogP contribution in [0.4, 0.5) is 5.69 Å². The van der Waals surface area contributed by atoms with Gasteiger partial charge in [-0.1, -0.05) is 11.6 Å². The summed E-state index contributed by atoms with van der Waals surface area (Å²) in [5.41, 5.74) is 0.615. The number of H-pyrrole nitrogens is 1. The van der Waals surface area contributed by atoms with Crippen molar-refractivity contribution >= 4 is 35.0 Å². The summed E-state index contributed by atoms with van der Waals surface area (Å²) in [6.45, 7) is 1.69. The highest BCUT2D eigenvalue weighted by Crippen LogP contribution is 2.28. The molecule has 152 valence electrons. The second-order valence-electron chi connectivity index (χ2n) is 5.92. The number of halogens is 1. The Morgan fingerprint density at radius 1 is 1.21 bits per heavy atom. The third-order valence-corrected chi connectivity index (χ3v) is 5.45. The van der Waals surface area contributed by atoms with Crippen LogP contribution in [0.5, 0.6) is 11.5 Å². The Labute approximate surface area is 175 Å². The topological polar surface area (TPSA) is 97.4 Å². The van der Waals surface area contributed by atoms with E-state index in [2.05, 4.69) is 10.6 Å². The largest absolute Gasteiger partial charge is 0.497 e. The smallest absolute Gasteiger partial charge is 0.442 e. The van der Waals surface area contributed by atoms with Gasteiger partial charge < -0.3 is 14.8 Å². The maximum absolute atomic E-state index is 12.6. The zero-order valence-electron chi connectivity index (χ0n) is 15.9. The van der Waals surface area contributed by atoms with E-state index >= 15 is 0 Å². The molecule has 1 amide bonds. The Bertz CT molecular complexity index is 1060. The summed E-state index contributed by atoms with van der Waals surface area (Å²) in [6, 6.07) is 12.0. The maximum Gasteiger partial charge on any atom is 0.442 e. The number of carbonyl (C=O) groups is 1. The van der Waals surface area contributed by atoms with Gasteiger partial charge in [0.05, 0.1) is 24.5 Å². The number of amides is 1. The molecule has 1 aromatic heterocycles. The van der Waals surface area contributed by atoms with Gasteiger partial charge in [-0.15, -0.1) is 0 Å². The van der Waals surface area contributed by atoms with Crippen molar-refractivity contribution in [2.24, 2.45) is 0 Å². The molecule has 0 aliphatic rings. The van der Waals surface area contributed by atoms with Gasteiger partial charge in [0.25, 0.3) is 0 Å². The van der Waals surface area contributed by atoms with Gasteiger partial charge in [0.1, 0.15) is 11.5 Å². The molecule has 0 bridgehead atoms. The van der Waals surface area contributed by atoms with E-state index in [0.29, 0.717) is 27.9 Å². The molecule has 0 aliphatic heterocycles. The van der Waals surface area contributed by atoms with E-state index in [-0.39, 0.29) is 10.9 Å². The molecule has 0 radical (unpaired) electrons. The van der Waals surface area contributed by atoms with Gasteiger partial charge in [-0.3, -0.25) is 9.32 Å². The summed E-state index contributed by atoms with van der Waals surface area (Å²) in [5.74, 6) is 0.899. The van der Waals surface area contributed by atoms with Gasteiger partial charge in [0.2, 0.25) is 11.6 Å². The maximum atomic E-state index is 12.6. The summed E-state index contributed by atoms with van der Waals surface area (Å²) < 4.78 is 16.6. The molecule has 1 atom stereocenters. The van der Waals surface area contributed by atoms with Crippen molar-refractivity contribution in [2.45, 2.75) is 17.2 Å². The van der Waals surface area contributed by atoms with Crippen molar-refractivity contribution in [3.63, 3.8) is 0 Å². The Morgan fingerprint density at radius 2 is 1.93 bits per heavy atom. The van der Waals surface area contributed by atoms with Crippen LogP contribution in [0.25, 0.3) is 5.69 Å². The summed E-state index contributed by atoms with van der Waals surface area (Å²) in [4.78, 5) is 24.7. The molecule has 0 fully saturated rings. The molecular weight excluding hydrogens is 418 g/mol. The number of anilines is 1. The Morgan fingerprint density at radius 3 is 2.55 bits per heavy atom. The van der Waals surface area contributed by atoms with Crippen molar-refractivity contribution < 1.29 is 23.5 Å². The lowest BCUT2D eigenvalue weighted by Gasteiger charge is -2.11. The van der Waals surface area contributed by atoms with E-state index in [1.807, 2.05) is 0 Å². The zero-order valence-corrected chi connectivity index (χ0v) is 17.5. The molecular formula is C19H19ClN3O5S+. The van der Waals surface area contributed by atoms with Crippen LogP contribution in [0.15, 0.2) is 56.8 Å². The number of thioether (sulfide) groups is 1. The second kappa shape index (κ2) is 9.06. The van der Waals surface area contributed by atoms with E-state index in [9.17, 15) is 9.59 Å². The summed E-state index contributed by atoms with van der Waals surface area (Å²) in [7, 11) is 3.08. The first-order valence-corrected chi connectivity index (χ1v) is 9.77. The number of ether oxygens (including phenoxy) is 2. The second-order valence-corrected chi connectivity index (χ2v) is 7.65. The van der Waals surface area contributed by atoms with Gasteiger partial charge in [0, 0.05) is 17.8 Å². The molecule has 3 rings (SSSR count). The zero-order chi connectivity index (χ0) is 21.0. The molecule has 1 heterocycles. The van der Waals surface area contributed by atoms with Crippen molar-refractivity contribution in [1.82, 2.24) is 5.27 Å². The molecule has 0 saturated carbocycles. The molecule has 0 saturated heterocycles.